The fourth-order valence-corrected chi connectivity index (χ4v) is 3.60. The number of nitrogens with zero attached hydrogens (tertiary/aromatic N) is 5. The van der Waals surface area contributed by atoms with Gasteiger partial charge in [-0.15, -0.1) is 10.2 Å². The largest absolute Gasteiger partial charge is 0.361 e. The van der Waals surface area contributed by atoms with Crippen LogP contribution in [0, 0.1) is 0 Å². The molecule has 2 aromatic carbocycles. The number of anilines is 1. The Morgan fingerprint density at radius 2 is 2.04 bits per heavy atom. The highest BCUT2D eigenvalue weighted by Crippen LogP contribution is 2.28. The number of aromatic nitrogens is 5. The fourth-order valence-electron chi connectivity index (χ4n) is 3.24. The molecular weight excluding hydrogens is 406 g/mol. The predicted molar refractivity (Wildman–Crippen MR) is 111 cm³/mol. The number of aromatic amines is 1. The van der Waals surface area contributed by atoms with E-state index in [1.165, 1.54) is 0 Å². The maximum Gasteiger partial charge on any atom is 0.265 e. The zero-order valence-electron chi connectivity index (χ0n) is 14.3. The van der Waals surface area contributed by atoms with Gasteiger partial charge in [-0.3, -0.25) is 0 Å². The van der Waals surface area contributed by atoms with Crippen molar-refractivity contribution in [2.75, 3.05) is 5.43 Å². The summed E-state index contributed by atoms with van der Waals surface area (Å²) in [7, 11) is 1.96. The predicted octanol–water partition coefficient (Wildman–Crippen LogP) is 4.21. The molecule has 0 aliphatic heterocycles. The average Bonchev–Trinajstić information content (AvgIpc) is 3.22. The highest BCUT2D eigenvalue weighted by molar-refractivity contribution is 9.10. The maximum absolute atomic E-state index is 4.56. The molecule has 2 N–H and O–H groups in total. The lowest BCUT2D eigenvalue weighted by molar-refractivity contribution is 0.949. The molecule has 27 heavy (non-hydrogen) atoms. The number of hydrazone groups is 1. The number of nitrogens with one attached hydrogen (secondary N) is 2. The Balaban J connectivity index is 1.48. The van der Waals surface area contributed by atoms with Crippen molar-refractivity contribution in [1.82, 2.24) is 24.7 Å². The molecule has 0 aliphatic rings. The second-order valence-electron chi connectivity index (χ2n) is 6.19. The van der Waals surface area contributed by atoms with Crippen LogP contribution in [0.15, 0.2) is 58.2 Å². The lowest BCUT2D eigenvalue weighted by atomic mass is 10.2. The Morgan fingerprint density at radius 1 is 1.15 bits per heavy atom. The van der Waals surface area contributed by atoms with Crippen molar-refractivity contribution in [2.24, 2.45) is 12.1 Å². The Morgan fingerprint density at radius 3 is 2.96 bits per heavy atom. The van der Waals surface area contributed by atoms with E-state index in [2.05, 4.69) is 46.6 Å². The fraction of sp³-hybridized carbons (Fsp3) is 0.0526. The topological polar surface area (TPSA) is 83.8 Å². The van der Waals surface area contributed by atoms with Gasteiger partial charge in [-0.25, -0.2) is 5.43 Å². The van der Waals surface area contributed by atoms with E-state index in [1.54, 1.807) is 6.21 Å². The van der Waals surface area contributed by atoms with Crippen molar-refractivity contribution in [3.63, 3.8) is 0 Å². The normalized spacial score (nSPS) is 11.9. The first-order valence-electron chi connectivity index (χ1n) is 8.34. The number of benzene rings is 2. The lowest BCUT2D eigenvalue weighted by Gasteiger charge is -1.99. The van der Waals surface area contributed by atoms with Gasteiger partial charge >= 0.3 is 0 Å². The van der Waals surface area contributed by atoms with Gasteiger partial charge in [0.25, 0.3) is 5.95 Å². The second-order valence-corrected chi connectivity index (χ2v) is 7.10. The van der Waals surface area contributed by atoms with Crippen LogP contribution in [-0.4, -0.2) is 30.9 Å². The minimum atomic E-state index is 0.351. The van der Waals surface area contributed by atoms with Crippen molar-refractivity contribution in [1.29, 1.82) is 0 Å². The summed E-state index contributed by atoms with van der Waals surface area (Å²) in [6.07, 6.45) is 3.66. The maximum atomic E-state index is 4.56. The minimum Gasteiger partial charge on any atom is -0.361 e. The average molecular weight is 420 g/mol. The van der Waals surface area contributed by atoms with Gasteiger partial charge in [0.1, 0.15) is 5.52 Å². The van der Waals surface area contributed by atoms with Gasteiger partial charge in [-0.1, -0.05) is 34.1 Å². The number of halogens is 1. The van der Waals surface area contributed by atoms with Crippen molar-refractivity contribution in [2.45, 2.75) is 0 Å². The van der Waals surface area contributed by atoms with Gasteiger partial charge < -0.3 is 9.55 Å². The number of hydrogen-bond donors (Lipinski definition) is 2. The molecule has 0 amide bonds. The summed E-state index contributed by atoms with van der Waals surface area (Å²) in [5.74, 6) is 0.351. The summed E-state index contributed by atoms with van der Waals surface area (Å²) in [5, 5.41) is 14.9. The van der Waals surface area contributed by atoms with E-state index in [0.29, 0.717) is 5.95 Å². The molecule has 0 saturated heterocycles. The summed E-state index contributed by atoms with van der Waals surface area (Å²) in [4.78, 5) is 7.78. The second kappa shape index (κ2) is 6.17. The lowest BCUT2D eigenvalue weighted by Crippen LogP contribution is -2.00. The summed E-state index contributed by atoms with van der Waals surface area (Å²) in [6.45, 7) is 0. The third-order valence-corrected chi connectivity index (χ3v) is 5.04. The molecule has 0 fully saturated rings. The summed E-state index contributed by atoms with van der Waals surface area (Å²) < 4.78 is 3.00. The van der Waals surface area contributed by atoms with Gasteiger partial charge in [-0.2, -0.15) is 10.1 Å². The molecule has 3 aromatic heterocycles. The van der Waals surface area contributed by atoms with Crippen LogP contribution >= 0.6 is 15.9 Å². The molecule has 5 aromatic rings. The Hall–Kier alpha value is -3.26. The van der Waals surface area contributed by atoms with Crippen LogP contribution in [0.3, 0.4) is 0 Å². The molecule has 5 rings (SSSR count). The molecule has 0 radical (unpaired) electrons. The quantitative estimate of drug-likeness (QED) is 0.338. The first kappa shape index (κ1) is 16.0. The Labute approximate surface area is 162 Å². The molecular formula is C19H14BrN7. The van der Waals surface area contributed by atoms with Crippen LogP contribution in [0.25, 0.3) is 33.0 Å². The number of H-pyrrole nitrogens is 1. The standard InChI is InChI=1S/C19H14BrN7/c1-27-16-7-6-12(20)8-14(16)17-18(27)23-19(26-24-17)25-22-10-11-9-21-15-5-3-2-4-13(11)15/h2-10,21H,1H3,(H,23,25,26). The van der Waals surface area contributed by atoms with Crippen LogP contribution < -0.4 is 5.43 Å². The Kier molecular flexibility index (Phi) is 3.64. The SMILES string of the molecule is Cn1c2ccc(Br)cc2c2nnc(NN=Cc3c[nH]c4ccccc34)nc21. The molecule has 0 bridgehead atoms. The summed E-state index contributed by atoms with van der Waals surface area (Å²) in [5.41, 5.74) is 7.49. The summed E-state index contributed by atoms with van der Waals surface area (Å²) in [6, 6.07) is 14.1. The van der Waals surface area contributed by atoms with Gasteiger partial charge in [0.05, 0.1) is 11.7 Å². The van der Waals surface area contributed by atoms with E-state index in [0.717, 1.165) is 43.0 Å². The highest BCUT2D eigenvalue weighted by Gasteiger charge is 2.12. The first-order valence-corrected chi connectivity index (χ1v) is 9.13. The molecule has 0 saturated carbocycles. The van der Waals surface area contributed by atoms with E-state index >= 15 is 0 Å². The highest BCUT2D eigenvalue weighted by atomic mass is 79.9. The van der Waals surface area contributed by atoms with Crippen LogP contribution in [0.4, 0.5) is 5.95 Å². The van der Waals surface area contributed by atoms with E-state index in [4.69, 9.17) is 0 Å². The molecule has 7 nitrogen and oxygen atoms in total. The van der Waals surface area contributed by atoms with Gasteiger partial charge in [-0.05, 0) is 24.3 Å². The number of aryl methyl sites for hydroxylation is 1. The van der Waals surface area contributed by atoms with E-state index in [9.17, 15) is 0 Å². The van der Waals surface area contributed by atoms with Crippen molar-refractivity contribution < 1.29 is 0 Å². The molecule has 0 spiro atoms. The minimum absolute atomic E-state index is 0.351. The third-order valence-electron chi connectivity index (χ3n) is 4.55. The van der Waals surface area contributed by atoms with Crippen molar-refractivity contribution in [3.05, 3.63) is 58.7 Å². The van der Waals surface area contributed by atoms with Crippen LogP contribution in [0.5, 0.6) is 0 Å². The van der Waals surface area contributed by atoms with Gasteiger partial charge in [0.2, 0.25) is 0 Å². The molecule has 3 heterocycles. The van der Waals surface area contributed by atoms with Crippen LogP contribution in [-0.2, 0) is 7.05 Å². The van der Waals surface area contributed by atoms with Gasteiger partial charge in [0.15, 0.2) is 5.65 Å². The molecule has 0 aliphatic carbocycles. The van der Waals surface area contributed by atoms with E-state index < -0.39 is 0 Å². The zero-order valence-corrected chi connectivity index (χ0v) is 15.9. The first-order chi connectivity index (χ1) is 13.2. The van der Waals surface area contributed by atoms with Crippen LogP contribution in [0.1, 0.15) is 5.56 Å². The molecule has 0 atom stereocenters. The smallest absolute Gasteiger partial charge is 0.265 e. The van der Waals surface area contributed by atoms with Crippen molar-refractivity contribution >= 4 is 61.1 Å². The monoisotopic (exact) mass is 419 g/mol. The molecule has 132 valence electrons. The van der Waals surface area contributed by atoms with Crippen LogP contribution in [0.2, 0.25) is 0 Å². The van der Waals surface area contributed by atoms with E-state index in [1.807, 2.05) is 60.3 Å². The number of fused-ring (bicyclic) bond motifs is 4. The zero-order chi connectivity index (χ0) is 18.4. The number of rotatable bonds is 3. The summed E-state index contributed by atoms with van der Waals surface area (Å²) >= 11 is 3.50. The third kappa shape index (κ3) is 2.65. The number of para-hydroxylation sites is 1. The van der Waals surface area contributed by atoms with Gasteiger partial charge in [0, 0.05) is 39.6 Å². The number of hydrogen-bond acceptors (Lipinski definition) is 5. The Bertz CT molecular complexity index is 1330. The van der Waals surface area contributed by atoms with Crippen molar-refractivity contribution in [3.8, 4) is 0 Å². The molecule has 0 unspecified atom stereocenters. The molecule has 8 heteroatoms. The van der Waals surface area contributed by atoms with E-state index in [-0.39, 0.29) is 0 Å².